The van der Waals surface area contributed by atoms with E-state index in [4.69, 9.17) is 14.5 Å². The lowest BCUT2D eigenvalue weighted by Gasteiger charge is -2.33. The molecule has 2 aliphatic heterocycles. The van der Waals surface area contributed by atoms with Crippen molar-refractivity contribution in [2.75, 3.05) is 13.6 Å². The van der Waals surface area contributed by atoms with E-state index in [1.165, 1.54) is 5.56 Å². The lowest BCUT2D eigenvalue weighted by molar-refractivity contribution is -0.153. The number of benzene rings is 2. The summed E-state index contributed by atoms with van der Waals surface area (Å²) in [5, 5.41) is 0.895. The van der Waals surface area contributed by atoms with Gasteiger partial charge in [0.15, 0.2) is 0 Å². The molecule has 2 aromatic heterocycles. The second kappa shape index (κ2) is 10.4. The number of amides is 1. The maximum atomic E-state index is 13.7. The zero-order valence-electron chi connectivity index (χ0n) is 24.7. The number of hydrogen-bond acceptors (Lipinski definition) is 6. The third-order valence-electron chi connectivity index (χ3n) is 8.96. The molecule has 2 aromatic carbocycles. The zero-order valence-corrected chi connectivity index (χ0v) is 24.7. The first-order valence-electron chi connectivity index (χ1n) is 14.5. The maximum absolute atomic E-state index is 13.7. The van der Waals surface area contributed by atoms with Crippen LogP contribution >= 0.6 is 0 Å². The molecular weight excluding hydrogens is 530 g/mol. The predicted molar refractivity (Wildman–Crippen MR) is 161 cm³/mol. The Hall–Kier alpha value is -4.46. The van der Waals surface area contributed by atoms with Crippen LogP contribution in [0, 0.1) is 6.92 Å². The number of hydrogen-bond donors (Lipinski definition) is 0. The Morgan fingerprint density at radius 3 is 2.57 bits per heavy atom. The third-order valence-corrected chi connectivity index (χ3v) is 8.96. The molecule has 2 aliphatic rings. The average Bonchev–Trinajstić information content (AvgIpc) is 3.36. The molecule has 0 fully saturated rings. The van der Waals surface area contributed by atoms with Crippen LogP contribution in [0.25, 0.3) is 22.3 Å². The van der Waals surface area contributed by atoms with Gasteiger partial charge in [0.25, 0.3) is 5.56 Å². The summed E-state index contributed by atoms with van der Waals surface area (Å²) in [7, 11) is 1.74. The number of carbonyl (C=O) groups excluding carboxylic acids is 2. The number of rotatable bonds is 6. The molecule has 0 N–H and O–H groups in total. The number of fused-ring (bicyclic) bond motifs is 5. The van der Waals surface area contributed by atoms with E-state index < -0.39 is 11.5 Å². The predicted octanol–water partition coefficient (Wildman–Crippen LogP) is 5.69. The van der Waals surface area contributed by atoms with Crippen molar-refractivity contribution in [3.05, 3.63) is 92.3 Å². The Morgan fingerprint density at radius 1 is 1.10 bits per heavy atom. The van der Waals surface area contributed by atoms with Crippen molar-refractivity contribution in [2.24, 2.45) is 0 Å². The van der Waals surface area contributed by atoms with Crippen molar-refractivity contribution in [1.82, 2.24) is 14.5 Å². The van der Waals surface area contributed by atoms with Crippen LogP contribution in [-0.2, 0) is 40.9 Å². The van der Waals surface area contributed by atoms with E-state index in [0.29, 0.717) is 37.2 Å². The van der Waals surface area contributed by atoms with Crippen LogP contribution in [0.3, 0.4) is 0 Å². The van der Waals surface area contributed by atoms with Crippen molar-refractivity contribution in [1.29, 1.82) is 0 Å². The minimum Gasteiger partial charge on any atom is -0.460 e. The largest absolute Gasteiger partial charge is 0.460 e. The van der Waals surface area contributed by atoms with Crippen LogP contribution in [-0.4, -0.2) is 40.1 Å². The molecule has 0 bridgehead atoms. The summed E-state index contributed by atoms with van der Waals surface area (Å²) >= 11 is 0. The number of nitrogens with zero attached hydrogens (tertiary/aromatic N) is 3. The smallest absolute Gasteiger partial charge is 0.414 e. The number of likely N-dealkylation sites (N-methyl/N-ethyl adjacent to an activating group) is 1. The van der Waals surface area contributed by atoms with Gasteiger partial charge in [0.2, 0.25) is 0 Å². The van der Waals surface area contributed by atoms with E-state index in [1.54, 1.807) is 22.6 Å². The van der Waals surface area contributed by atoms with Gasteiger partial charge in [-0.3, -0.25) is 9.59 Å². The van der Waals surface area contributed by atoms with Gasteiger partial charge >= 0.3 is 12.1 Å². The minimum absolute atomic E-state index is 0.0105. The number of aryl methyl sites for hydroxylation is 2. The Balaban J connectivity index is 1.31. The number of pyridine rings is 2. The van der Waals surface area contributed by atoms with Crippen molar-refractivity contribution >= 4 is 23.0 Å². The molecule has 0 saturated carbocycles. The molecule has 0 saturated heterocycles. The average molecular weight is 566 g/mol. The van der Waals surface area contributed by atoms with Gasteiger partial charge in [0.05, 0.1) is 34.4 Å². The van der Waals surface area contributed by atoms with Crippen molar-refractivity contribution in [3.63, 3.8) is 0 Å². The van der Waals surface area contributed by atoms with Crippen molar-refractivity contribution in [2.45, 2.75) is 65.5 Å². The third kappa shape index (κ3) is 4.46. The van der Waals surface area contributed by atoms with Crippen LogP contribution in [0.5, 0.6) is 5.75 Å². The molecule has 0 spiro atoms. The zero-order chi connectivity index (χ0) is 29.8. The number of aromatic nitrogens is 2. The van der Waals surface area contributed by atoms with Crippen LogP contribution < -0.4 is 10.3 Å². The highest BCUT2D eigenvalue weighted by molar-refractivity contribution is 5.90. The monoisotopic (exact) mass is 565 g/mol. The fourth-order valence-corrected chi connectivity index (χ4v) is 6.09. The van der Waals surface area contributed by atoms with E-state index in [1.807, 2.05) is 32.0 Å². The molecule has 4 heterocycles. The van der Waals surface area contributed by atoms with Crippen LogP contribution in [0.2, 0.25) is 0 Å². The van der Waals surface area contributed by atoms with Gasteiger partial charge in [0, 0.05) is 24.5 Å². The highest BCUT2D eigenvalue weighted by atomic mass is 16.6. The second-order valence-electron chi connectivity index (χ2n) is 11.6. The van der Waals surface area contributed by atoms with Crippen LogP contribution in [0.4, 0.5) is 4.79 Å². The molecule has 42 heavy (non-hydrogen) atoms. The van der Waals surface area contributed by atoms with Crippen molar-refractivity contribution in [3.8, 4) is 17.1 Å². The molecule has 8 nitrogen and oxygen atoms in total. The van der Waals surface area contributed by atoms with Crippen molar-refractivity contribution < 1.29 is 19.1 Å². The quantitative estimate of drug-likeness (QED) is 0.246. The lowest BCUT2D eigenvalue weighted by atomic mass is 9.76. The van der Waals surface area contributed by atoms with E-state index in [-0.39, 0.29) is 18.1 Å². The Kier molecular flexibility index (Phi) is 6.87. The van der Waals surface area contributed by atoms with Gasteiger partial charge in [-0.05, 0) is 74.1 Å². The standard InChI is InChI=1S/C34H35N3O5/c1-6-23-24-16-22(42-33(40)36(5)15-14-21-10-8-20(3)9-11-21)12-13-28(24)35-30-25(23)18-37-29(30)17-27-26(31(37)38)19-41-32(39)34(27,4)7-2/h8-13,16-17H,6-7,14-15,18-19H2,1-5H3/t34-/m1/s1. The summed E-state index contributed by atoms with van der Waals surface area (Å²) in [6, 6.07) is 15.7. The fraction of sp³-hybridized carbons (Fsp3) is 0.353. The van der Waals surface area contributed by atoms with Gasteiger partial charge in [-0.25, -0.2) is 9.78 Å². The Bertz CT molecular complexity index is 1810. The first-order valence-corrected chi connectivity index (χ1v) is 14.5. The molecule has 216 valence electrons. The summed E-state index contributed by atoms with van der Waals surface area (Å²) < 4.78 is 12.9. The van der Waals surface area contributed by atoms with E-state index >= 15 is 0 Å². The topological polar surface area (TPSA) is 90.7 Å². The number of cyclic esters (lactones) is 1. The molecule has 0 radical (unpaired) electrons. The maximum Gasteiger partial charge on any atom is 0.414 e. The summed E-state index contributed by atoms with van der Waals surface area (Å²) in [5.74, 6) is 0.146. The number of carbonyl (C=O) groups is 2. The SMILES string of the molecule is CCc1c2c(nc3ccc(OC(=O)N(C)CCc4ccc(C)cc4)cc13)-c1cc3c(c(=O)n1C2)COC(=O)[C@]3(C)CC. The minimum atomic E-state index is -0.873. The number of ether oxygens (including phenoxy) is 2. The van der Waals surface area contributed by atoms with Crippen LogP contribution in [0.1, 0.15) is 60.6 Å². The summed E-state index contributed by atoms with van der Waals surface area (Å²) in [4.78, 5) is 45.8. The molecule has 1 atom stereocenters. The second-order valence-corrected chi connectivity index (χ2v) is 11.6. The van der Waals surface area contributed by atoms with Gasteiger partial charge in [-0.2, -0.15) is 0 Å². The molecule has 8 heteroatoms. The van der Waals surface area contributed by atoms with Crippen LogP contribution in [0.15, 0.2) is 53.3 Å². The highest BCUT2D eigenvalue weighted by Crippen LogP contribution is 2.41. The molecule has 4 aromatic rings. The van der Waals surface area contributed by atoms with Gasteiger partial charge in [0.1, 0.15) is 12.4 Å². The summed E-state index contributed by atoms with van der Waals surface area (Å²) in [6.45, 7) is 8.82. The van der Waals surface area contributed by atoms with E-state index in [2.05, 4.69) is 38.1 Å². The molecular formula is C34H35N3O5. The number of esters is 1. The molecule has 0 unspecified atom stereocenters. The molecule has 0 aliphatic carbocycles. The van der Waals surface area contributed by atoms with Gasteiger partial charge in [-0.15, -0.1) is 0 Å². The normalized spacial score (nSPS) is 16.9. The Morgan fingerprint density at radius 2 is 1.86 bits per heavy atom. The first kappa shape index (κ1) is 27.7. The summed E-state index contributed by atoms with van der Waals surface area (Å²) in [5.41, 5.74) is 6.92. The van der Waals surface area contributed by atoms with Gasteiger partial charge < -0.3 is 18.9 Å². The Labute approximate surface area is 244 Å². The van der Waals surface area contributed by atoms with E-state index in [9.17, 15) is 14.4 Å². The summed E-state index contributed by atoms with van der Waals surface area (Å²) in [6.07, 6.45) is 1.56. The highest BCUT2D eigenvalue weighted by Gasteiger charge is 2.43. The molecule has 6 rings (SSSR count). The first-order chi connectivity index (χ1) is 20.1. The van der Waals surface area contributed by atoms with E-state index in [0.717, 1.165) is 51.0 Å². The van der Waals surface area contributed by atoms with Gasteiger partial charge in [-0.1, -0.05) is 43.7 Å². The fourth-order valence-electron chi connectivity index (χ4n) is 6.09. The molecule has 1 amide bonds. The lowest BCUT2D eigenvalue weighted by Crippen LogP contribution is -2.42.